The molecule has 5 heteroatoms. The van der Waals surface area contributed by atoms with Crippen LogP contribution in [0.1, 0.15) is 17.2 Å². The topological polar surface area (TPSA) is 21.3 Å². The molecule has 20 heavy (non-hydrogen) atoms. The van der Waals surface area contributed by atoms with Crippen LogP contribution in [-0.2, 0) is 0 Å². The number of halogens is 3. The molecule has 1 N–H and O–H groups in total. The summed E-state index contributed by atoms with van der Waals surface area (Å²) in [5, 5.41) is 3.85. The summed E-state index contributed by atoms with van der Waals surface area (Å²) < 4.78 is 19.8. The van der Waals surface area contributed by atoms with Crippen LogP contribution in [0.15, 0.2) is 36.4 Å². The van der Waals surface area contributed by atoms with Gasteiger partial charge >= 0.3 is 0 Å². The molecule has 0 saturated heterocycles. The summed E-state index contributed by atoms with van der Waals surface area (Å²) in [7, 11) is 3.39. The zero-order valence-corrected chi connectivity index (χ0v) is 14.0. The molecule has 106 valence electrons. The molecule has 1 unspecified atom stereocenters. The van der Waals surface area contributed by atoms with Crippen molar-refractivity contribution in [3.8, 4) is 5.75 Å². The second-order valence-corrected chi connectivity index (χ2v) is 5.85. The molecular weight excluding hydrogens is 392 g/mol. The molecule has 2 rings (SSSR count). The fourth-order valence-corrected chi connectivity index (χ4v) is 2.65. The van der Waals surface area contributed by atoms with Crippen LogP contribution in [0.3, 0.4) is 0 Å². The van der Waals surface area contributed by atoms with Gasteiger partial charge < -0.3 is 10.1 Å². The molecular formula is C15H14ClFINO. The Hall–Kier alpha value is -0.850. The number of hydrogen-bond acceptors (Lipinski definition) is 2. The highest BCUT2D eigenvalue weighted by Gasteiger charge is 2.18. The van der Waals surface area contributed by atoms with E-state index in [0.717, 1.165) is 14.7 Å². The van der Waals surface area contributed by atoms with Gasteiger partial charge in [0.05, 0.1) is 18.2 Å². The Kier molecular flexibility index (Phi) is 5.23. The molecule has 0 fully saturated rings. The summed E-state index contributed by atoms with van der Waals surface area (Å²) >= 11 is 8.34. The monoisotopic (exact) mass is 405 g/mol. The molecule has 1 atom stereocenters. The predicted octanol–water partition coefficient (Wildman–Crippen LogP) is 4.40. The standard InChI is InChI=1S/C15H14ClFINO/c1-19-15(9-3-5-13(18)12(16)7-9)11-8-10(17)4-6-14(11)20-2/h3-8,15,19H,1-2H3. The zero-order chi connectivity index (χ0) is 14.7. The Bertz CT molecular complexity index is 621. The van der Waals surface area contributed by atoms with Crippen molar-refractivity contribution in [2.75, 3.05) is 14.2 Å². The quantitative estimate of drug-likeness (QED) is 0.761. The number of benzene rings is 2. The third kappa shape index (κ3) is 3.24. The highest BCUT2D eigenvalue weighted by molar-refractivity contribution is 14.1. The van der Waals surface area contributed by atoms with E-state index in [4.69, 9.17) is 16.3 Å². The smallest absolute Gasteiger partial charge is 0.124 e. The molecule has 0 aliphatic rings. The van der Waals surface area contributed by atoms with Gasteiger partial charge in [-0.05, 0) is 65.5 Å². The van der Waals surface area contributed by atoms with E-state index in [0.29, 0.717) is 10.8 Å². The van der Waals surface area contributed by atoms with Crippen molar-refractivity contribution in [2.24, 2.45) is 0 Å². The molecule has 2 aromatic rings. The number of rotatable bonds is 4. The SMILES string of the molecule is CNC(c1ccc(I)c(Cl)c1)c1cc(F)ccc1OC. The second-order valence-electron chi connectivity index (χ2n) is 4.28. The minimum atomic E-state index is -0.294. The second kappa shape index (κ2) is 6.74. The minimum Gasteiger partial charge on any atom is -0.496 e. The van der Waals surface area contributed by atoms with E-state index in [2.05, 4.69) is 27.9 Å². The van der Waals surface area contributed by atoms with Crippen LogP contribution in [0.4, 0.5) is 4.39 Å². The Labute approximate surface area is 136 Å². The normalized spacial score (nSPS) is 12.2. The van der Waals surface area contributed by atoms with Gasteiger partial charge in [0, 0.05) is 9.13 Å². The van der Waals surface area contributed by atoms with Gasteiger partial charge in [-0.15, -0.1) is 0 Å². The van der Waals surface area contributed by atoms with Crippen molar-refractivity contribution in [3.63, 3.8) is 0 Å². The number of ether oxygens (including phenoxy) is 1. The van der Waals surface area contributed by atoms with Crippen LogP contribution in [0, 0.1) is 9.39 Å². The lowest BCUT2D eigenvalue weighted by Gasteiger charge is -2.20. The van der Waals surface area contributed by atoms with Crippen LogP contribution in [-0.4, -0.2) is 14.2 Å². The van der Waals surface area contributed by atoms with E-state index in [9.17, 15) is 4.39 Å². The maximum absolute atomic E-state index is 13.5. The highest BCUT2D eigenvalue weighted by Crippen LogP contribution is 2.32. The lowest BCUT2D eigenvalue weighted by molar-refractivity contribution is 0.404. The number of nitrogens with one attached hydrogen (secondary N) is 1. The van der Waals surface area contributed by atoms with Crippen molar-refractivity contribution in [1.29, 1.82) is 0 Å². The molecule has 0 aromatic heterocycles. The average Bonchev–Trinajstić information content (AvgIpc) is 2.44. The van der Waals surface area contributed by atoms with E-state index in [-0.39, 0.29) is 11.9 Å². The predicted molar refractivity (Wildman–Crippen MR) is 88.0 cm³/mol. The van der Waals surface area contributed by atoms with E-state index in [1.807, 2.05) is 25.2 Å². The molecule has 0 spiro atoms. The van der Waals surface area contributed by atoms with Crippen LogP contribution >= 0.6 is 34.2 Å². The van der Waals surface area contributed by atoms with Gasteiger partial charge in [-0.3, -0.25) is 0 Å². The Morgan fingerprint density at radius 1 is 1.25 bits per heavy atom. The molecule has 0 bridgehead atoms. The minimum absolute atomic E-state index is 0.185. The summed E-state index contributed by atoms with van der Waals surface area (Å²) in [6.45, 7) is 0. The Morgan fingerprint density at radius 2 is 2.00 bits per heavy atom. The van der Waals surface area contributed by atoms with Gasteiger partial charge in [0.15, 0.2) is 0 Å². The summed E-state index contributed by atoms with van der Waals surface area (Å²) in [6, 6.07) is 10.1. The van der Waals surface area contributed by atoms with Crippen LogP contribution in [0.5, 0.6) is 5.75 Å². The maximum Gasteiger partial charge on any atom is 0.124 e. The average molecular weight is 406 g/mol. The fraction of sp³-hybridized carbons (Fsp3) is 0.200. The van der Waals surface area contributed by atoms with Gasteiger partial charge in [0.1, 0.15) is 11.6 Å². The van der Waals surface area contributed by atoms with Crippen molar-refractivity contribution < 1.29 is 9.13 Å². The first kappa shape index (κ1) is 15.5. The largest absolute Gasteiger partial charge is 0.496 e. The molecule has 2 nitrogen and oxygen atoms in total. The van der Waals surface area contributed by atoms with E-state index < -0.39 is 0 Å². The lowest BCUT2D eigenvalue weighted by atomic mass is 9.98. The van der Waals surface area contributed by atoms with Gasteiger partial charge in [-0.2, -0.15) is 0 Å². The Morgan fingerprint density at radius 3 is 2.60 bits per heavy atom. The van der Waals surface area contributed by atoms with Gasteiger partial charge in [0.25, 0.3) is 0 Å². The number of methoxy groups -OCH3 is 1. The summed E-state index contributed by atoms with van der Waals surface area (Å²) in [5.74, 6) is 0.345. The van der Waals surface area contributed by atoms with Crippen LogP contribution in [0.25, 0.3) is 0 Å². The molecule has 0 radical (unpaired) electrons. The third-order valence-electron chi connectivity index (χ3n) is 3.07. The molecule has 0 aliphatic carbocycles. The van der Waals surface area contributed by atoms with Crippen LogP contribution in [0.2, 0.25) is 5.02 Å². The summed E-state index contributed by atoms with van der Waals surface area (Å²) in [5.41, 5.74) is 1.70. The highest BCUT2D eigenvalue weighted by atomic mass is 127. The van der Waals surface area contributed by atoms with Gasteiger partial charge in [0.2, 0.25) is 0 Å². The van der Waals surface area contributed by atoms with Crippen molar-refractivity contribution in [1.82, 2.24) is 5.32 Å². The maximum atomic E-state index is 13.5. The molecule has 2 aromatic carbocycles. The van der Waals surface area contributed by atoms with E-state index in [1.54, 1.807) is 13.2 Å². The molecule has 0 heterocycles. The molecule has 0 amide bonds. The first-order valence-electron chi connectivity index (χ1n) is 6.02. The van der Waals surface area contributed by atoms with E-state index >= 15 is 0 Å². The van der Waals surface area contributed by atoms with Gasteiger partial charge in [-0.25, -0.2) is 4.39 Å². The Balaban J connectivity index is 2.51. The van der Waals surface area contributed by atoms with Crippen molar-refractivity contribution >= 4 is 34.2 Å². The summed E-state index contributed by atoms with van der Waals surface area (Å²) in [6.07, 6.45) is 0. The summed E-state index contributed by atoms with van der Waals surface area (Å²) in [4.78, 5) is 0. The lowest BCUT2D eigenvalue weighted by Crippen LogP contribution is -2.18. The van der Waals surface area contributed by atoms with Crippen molar-refractivity contribution in [2.45, 2.75) is 6.04 Å². The fourth-order valence-electron chi connectivity index (χ4n) is 2.12. The third-order valence-corrected chi connectivity index (χ3v) is 4.64. The molecule has 0 aliphatic heterocycles. The van der Waals surface area contributed by atoms with Crippen LogP contribution < -0.4 is 10.1 Å². The number of hydrogen-bond donors (Lipinski definition) is 1. The first-order valence-corrected chi connectivity index (χ1v) is 7.48. The first-order chi connectivity index (χ1) is 9.56. The van der Waals surface area contributed by atoms with E-state index in [1.165, 1.54) is 12.1 Å². The van der Waals surface area contributed by atoms with Gasteiger partial charge in [-0.1, -0.05) is 17.7 Å². The van der Waals surface area contributed by atoms with Crippen molar-refractivity contribution in [3.05, 3.63) is 61.9 Å². The molecule has 0 saturated carbocycles. The zero-order valence-electron chi connectivity index (χ0n) is 11.1.